The van der Waals surface area contributed by atoms with Gasteiger partial charge in [0.15, 0.2) is 0 Å². The van der Waals surface area contributed by atoms with Crippen molar-refractivity contribution in [2.75, 3.05) is 18.0 Å². The number of hydrogen-bond acceptors (Lipinski definition) is 5. The zero-order valence-corrected chi connectivity index (χ0v) is 13.7. The average Bonchev–Trinajstić information content (AvgIpc) is 2.53. The van der Waals surface area contributed by atoms with E-state index in [2.05, 4.69) is 0 Å². The number of aliphatic carboxylic acids is 1. The Balaban J connectivity index is 2.63. The van der Waals surface area contributed by atoms with Crippen LogP contribution in [0.3, 0.4) is 0 Å². The molecule has 0 aliphatic heterocycles. The summed E-state index contributed by atoms with van der Waals surface area (Å²) in [7, 11) is -2.78. The number of ether oxygens (including phenoxy) is 1. The fourth-order valence-electron chi connectivity index (χ4n) is 1.99. The summed E-state index contributed by atoms with van der Waals surface area (Å²) in [5.74, 6) is -1.37. The third-order valence-electron chi connectivity index (χ3n) is 3.01. The number of nitrogens with zero attached hydrogens (tertiary/aromatic N) is 1. The molecule has 0 heterocycles. The Hall–Kier alpha value is -2.25. The lowest BCUT2D eigenvalue weighted by molar-refractivity contribution is -0.303. The second-order valence-corrected chi connectivity index (χ2v) is 6.81. The van der Waals surface area contributed by atoms with Gasteiger partial charge in [-0.1, -0.05) is 29.8 Å². The molecule has 6 nitrogen and oxygen atoms in total. The summed E-state index contributed by atoms with van der Waals surface area (Å²) < 4.78 is 31.4. The molecule has 0 radical (unpaired) electrons. The third-order valence-corrected chi connectivity index (χ3v) is 5.02. The molecule has 2 aromatic rings. The number of carboxylic acid groups (broad SMARTS) is 1. The first-order valence-corrected chi connectivity index (χ1v) is 8.29. The van der Waals surface area contributed by atoms with Crippen LogP contribution in [-0.2, 0) is 14.8 Å². The van der Waals surface area contributed by atoms with E-state index in [-0.39, 0.29) is 21.4 Å². The highest BCUT2D eigenvalue weighted by Crippen LogP contribution is 2.34. The van der Waals surface area contributed by atoms with Crippen LogP contribution in [0.15, 0.2) is 53.4 Å². The first kappa shape index (κ1) is 17.1. The Morgan fingerprint density at radius 3 is 2.43 bits per heavy atom. The summed E-state index contributed by atoms with van der Waals surface area (Å²) in [5, 5.41) is 11.3. The van der Waals surface area contributed by atoms with Crippen LogP contribution in [0.2, 0.25) is 5.02 Å². The van der Waals surface area contributed by atoms with E-state index in [0.717, 1.165) is 0 Å². The Kier molecular flexibility index (Phi) is 5.12. The normalized spacial score (nSPS) is 11.0. The molecule has 0 aliphatic rings. The molecule has 0 bridgehead atoms. The number of carboxylic acids is 1. The van der Waals surface area contributed by atoms with Crippen LogP contribution >= 0.6 is 11.6 Å². The van der Waals surface area contributed by atoms with Gasteiger partial charge in [0.2, 0.25) is 0 Å². The monoisotopic (exact) mass is 354 g/mol. The van der Waals surface area contributed by atoms with Gasteiger partial charge in [-0.25, -0.2) is 8.42 Å². The van der Waals surface area contributed by atoms with Crippen molar-refractivity contribution in [2.24, 2.45) is 0 Å². The standard InChI is InChI=1S/C15H14ClNO5S/c1-22-14-8-7-11(16)9-13(14)17(10-15(18)19)23(20,21)12-5-3-2-4-6-12/h2-9H,10H2,1H3,(H,18,19)/p-1. The van der Waals surface area contributed by atoms with Crippen molar-refractivity contribution in [3.05, 3.63) is 53.6 Å². The van der Waals surface area contributed by atoms with Gasteiger partial charge in [-0.05, 0) is 30.3 Å². The minimum absolute atomic E-state index is 0.0213. The number of halogens is 1. The van der Waals surface area contributed by atoms with Crippen LogP contribution in [0.5, 0.6) is 5.75 Å². The Bertz CT molecular complexity index is 808. The van der Waals surface area contributed by atoms with Crippen molar-refractivity contribution < 1.29 is 23.1 Å². The zero-order valence-electron chi connectivity index (χ0n) is 12.1. The molecule has 0 fully saturated rings. The summed E-state index contributed by atoms with van der Waals surface area (Å²) in [6, 6.07) is 11.8. The number of carbonyl (C=O) groups is 1. The maximum absolute atomic E-state index is 12.8. The molecule has 0 saturated heterocycles. The molecular formula is C15H13ClNO5S-. The van der Waals surface area contributed by atoms with Crippen LogP contribution in [0.4, 0.5) is 5.69 Å². The minimum atomic E-state index is -4.12. The van der Waals surface area contributed by atoms with Gasteiger partial charge in [-0.3, -0.25) is 4.31 Å². The fraction of sp³-hybridized carbons (Fsp3) is 0.133. The minimum Gasteiger partial charge on any atom is -0.548 e. The van der Waals surface area contributed by atoms with E-state index < -0.39 is 22.5 Å². The Labute approximate surface area is 138 Å². The number of sulfonamides is 1. The molecule has 0 amide bonds. The van der Waals surface area contributed by atoms with Gasteiger partial charge >= 0.3 is 0 Å². The predicted octanol–water partition coefficient (Wildman–Crippen LogP) is 1.29. The lowest BCUT2D eigenvalue weighted by Gasteiger charge is -2.26. The summed E-state index contributed by atoms with van der Waals surface area (Å²) in [4.78, 5) is 11.0. The molecule has 2 rings (SSSR count). The van der Waals surface area contributed by atoms with E-state index in [9.17, 15) is 18.3 Å². The van der Waals surface area contributed by atoms with Gasteiger partial charge in [0.1, 0.15) is 5.75 Å². The highest BCUT2D eigenvalue weighted by atomic mass is 35.5. The van der Waals surface area contributed by atoms with Crippen molar-refractivity contribution in [2.45, 2.75) is 4.90 Å². The van der Waals surface area contributed by atoms with Crippen molar-refractivity contribution in [1.29, 1.82) is 0 Å². The van der Waals surface area contributed by atoms with Crippen molar-refractivity contribution >= 4 is 33.3 Å². The van der Waals surface area contributed by atoms with E-state index in [1.165, 1.54) is 37.4 Å². The number of anilines is 1. The Morgan fingerprint density at radius 2 is 1.87 bits per heavy atom. The van der Waals surface area contributed by atoms with Gasteiger partial charge < -0.3 is 14.6 Å². The van der Waals surface area contributed by atoms with Crippen molar-refractivity contribution in [3.63, 3.8) is 0 Å². The van der Waals surface area contributed by atoms with E-state index >= 15 is 0 Å². The van der Waals surface area contributed by atoms with E-state index in [0.29, 0.717) is 4.31 Å². The molecule has 0 aliphatic carbocycles. The average molecular weight is 355 g/mol. The Morgan fingerprint density at radius 1 is 1.22 bits per heavy atom. The summed E-state index contributed by atoms with van der Waals surface area (Å²) in [6.45, 7) is -0.867. The highest BCUT2D eigenvalue weighted by Gasteiger charge is 2.27. The summed E-state index contributed by atoms with van der Waals surface area (Å²) in [5.41, 5.74) is 0.0213. The van der Waals surface area contributed by atoms with Gasteiger partial charge in [-0.15, -0.1) is 0 Å². The number of methoxy groups -OCH3 is 1. The number of benzene rings is 2. The van der Waals surface area contributed by atoms with Crippen LogP contribution in [0, 0.1) is 0 Å². The number of carbonyl (C=O) groups excluding carboxylic acids is 1. The second-order valence-electron chi connectivity index (χ2n) is 4.51. The largest absolute Gasteiger partial charge is 0.548 e. The van der Waals surface area contributed by atoms with Crippen molar-refractivity contribution in [3.8, 4) is 5.75 Å². The van der Waals surface area contributed by atoms with Gasteiger partial charge in [-0.2, -0.15) is 0 Å². The van der Waals surface area contributed by atoms with Crippen molar-refractivity contribution in [1.82, 2.24) is 0 Å². The van der Waals surface area contributed by atoms with Crippen LogP contribution in [-0.4, -0.2) is 28.0 Å². The topological polar surface area (TPSA) is 86.7 Å². The van der Waals surface area contributed by atoms with Gasteiger partial charge in [0.05, 0.1) is 30.2 Å². The predicted molar refractivity (Wildman–Crippen MR) is 84.0 cm³/mol. The molecule has 8 heteroatoms. The summed E-state index contributed by atoms with van der Waals surface area (Å²) >= 11 is 5.91. The maximum Gasteiger partial charge on any atom is 0.264 e. The second kappa shape index (κ2) is 6.89. The lowest BCUT2D eigenvalue weighted by Crippen LogP contribution is -2.41. The van der Waals surface area contributed by atoms with Crippen LogP contribution in [0.25, 0.3) is 0 Å². The van der Waals surface area contributed by atoms with Gasteiger partial charge in [0, 0.05) is 5.02 Å². The third kappa shape index (κ3) is 3.75. The maximum atomic E-state index is 12.8. The van der Waals surface area contributed by atoms with Crippen LogP contribution in [0.1, 0.15) is 0 Å². The molecule has 0 aromatic heterocycles. The van der Waals surface area contributed by atoms with E-state index in [1.807, 2.05) is 0 Å². The first-order chi connectivity index (χ1) is 10.9. The quantitative estimate of drug-likeness (QED) is 0.780. The molecule has 0 N–H and O–H groups in total. The van der Waals surface area contributed by atoms with E-state index in [1.54, 1.807) is 18.2 Å². The van der Waals surface area contributed by atoms with Gasteiger partial charge in [0.25, 0.3) is 10.0 Å². The molecule has 0 atom stereocenters. The first-order valence-electron chi connectivity index (χ1n) is 6.47. The molecule has 0 spiro atoms. The number of hydrogen-bond donors (Lipinski definition) is 0. The molecule has 23 heavy (non-hydrogen) atoms. The number of rotatable bonds is 6. The molecule has 2 aromatic carbocycles. The summed E-state index contributed by atoms with van der Waals surface area (Å²) in [6.07, 6.45) is 0. The molecular weight excluding hydrogens is 342 g/mol. The molecule has 0 saturated carbocycles. The fourth-order valence-corrected chi connectivity index (χ4v) is 3.59. The highest BCUT2D eigenvalue weighted by molar-refractivity contribution is 7.92. The van der Waals surface area contributed by atoms with E-state index in [4.69, 9.17) is 16.3 Å². The smallest absolute Gasteiger partial charge is 0.264 e. The molecule has 122 valence electrons. The molecule has 0 unspecified atom stereocenters. The lowest BCUT2D eigenvalue weighted by atomic mass is 10.3. The van der Waals surface area contributed by atoms with Crippen LogP contribution < -0.4 is 14.1 Å². The SMILES string of the molecule is COc1ccc(Cl)cc1N(CC(=O)[O-])S(=O)(=O)c1ccccc1. The zero-order chi connectivity index (χ0) is 17.0.